The van der Waals surface area contributed by atoms with Gasteiger partial charge in [-0.1, -0.05) is 35.9 Å². The SMILES string of the molecule is C[C@@H](NC(=O)CSCc1cccc(C#N)c1)c1ccc(Cl)cc1. The molecule has 2 rings (SSSR count). The highest BCUT2D eigenvalue weighted by molar-refractivity contribution is 7.99. The molecular formula is C18H17ClN2OS. The third kappa shape index (κ3) is 5.63. The third-order valence-corrected chi connectivity index (χ3v) is 4.56. The molecule has 3 nitrogen and oxygen atoms in total. The van der Waals surface area contributed by atoms with Gasteiger partial charge >= 0.3 is 0 Å². The topological polar surface area (TPSA) is 52.9 Å². The van der Waals surface area contributed by atoms with Crippen LogP contribution in [0.3, 0.4) is 0 Å². The van der Waals surface area contributed by atoms with Gasteiger partial charge in [0.15, 0.2) is 0 Å². The molecule has 0 aliphatic heterocycles. The van der Waals surface area contributed by atoms with Gasteiger partial charge in [0, 0.05) is 10.8 Å². The Labute approximate surface area is 145 Å². The molecule has 2 aromatic rings. The molecule has 5 heteroatoms. The zero-order valence-corrected chi connectivity index (χ0v) is 14.3. The summed E-state index contributed by atoms with van der Waals surface area (Å²) in [5.41, 5.74) is 2.71. The lowest BCUT2D eigenvalue weighted by molar-refractivity contribution is -0.119. The van der Waals surface area contributed by atoms with Gasteiger partial charge in [-0.3, -0.25) is 4.79 Å². The molecule has 23 heavy (non-hydrogen) atoms. The third-order valence-electron chi connectivity index (χ3n) is 3.31. The molecule has 1 amide bonds. The van der Waals surface area contributed by atoms with E-state index in [1.54, 1.807) is 6.07 Å². The molecule has 0 aliphatic rings. The van der Waals surface area contributed by atoms with E-state index in [-0.39, 0.29) is 11.9 Å². The van der Waals surface area contributed by atoms with Gasteiger partial charge in [-0.05, 0) is 42.3 Å². The normalized spacial score (nSPS) is 11.5. The van der Waals surface area contributed by atoms with Gasteiger partial charge in [-0.15, -0.1) is 11.8 Å². The Balaban J connectivity index is 1.78. The number of carbonyl (C=O) groups is 1. The molecule has 2 aromatic carbocycles. The van der Waals surface area contributed by atoms with Crippen LogP contribution in [0.2, 0.25) is 5.02 Å². The average Bonchev–Trinajstić information content (AvgIpc) is 2.55. The van der Waals surface area contributed by atoms with Gasteiger partial charge in [-0.25, -0.2) is 0 Å². The summed E-state index contributed by atoms with van der Waals surface area (Å²) in [6.07, 6.45) is 0. The highest BCUT2D eigenvalue weighted by Crippen LogP contribution is 2.17. The lowest BCUT2D eigenvalue weighted by Crippen LogP contribution is -2.28. The van der Waals surface area contributed by atoms with E-state index in [9.17, 15) is 4.79 Å². The van der Waals surface area contributed by atoms with E-state index in [0.29, 0.717) is 22.1 Å². The van der Waals surface area contributed by atoms with Crippen molar-refractivity contribution in [1.82, 2.24) is 5.32 Å². The lowest BCUT2D eigenvalue weighted by atomic mass is 10.1. The summed E-state index contributed by atoms with van der Waals surface area (Å²) in [5.74, 6) is 1.08. The molecule has 118 valence electrons. The van der Waals surface area contributed by atoms with Crippen LogP contribution in [0.5, 0.6) is 0 Å². The summed E-state index contributed by atoms with van der Waals surface area (Å²) < 4.78 is 0. The number of nitriles is 1. The van der Waals surface area contributed by atoms with Crippen LogP contribution in [0.1, 0.15) is 29.7 Å². The maximum absolute atomic E-state index is 12.0. The maximum Gasteiger partial charge on any atom is 0.230 e. The summed E-state index contributed by atoms with van der Waals surface area (Å²) in [5, 5.41) is 12.5. The van der Waals surface area contributed by atoms with Crippen molar-refractivity contribution in [2.75, 3.05) is 5.75 Å². The second kappa shape index (κ2) is 8.61. The van der Waals surface area contributed by atoms with Crippen LogP contribution in [0.25, 0.3) is 0 Å². The second-order valence-electron chi connectivity index (χ2n) is 5.15. The van der Waals surface area contributed by atoms with Crippen LogP contribution in [0.15, 0.2) is 48.5 Å². The number of thioether (sulfide) groups is 1. The van der Waals surface area contributed by atoms with E-state index in [0.717, 1.165) is 11.1 Å². The number of amides is 1. The molecule has 1 atom stereocenters. The predicted octanol–water partition coefficient (Wildman–Crippen LogP) is 4.32. The van der Waals surface area contributed by atoms with Crippen molar-refractivity contribution >= 4 is 29.3 Å². The Hall–Kier alpha value is -1.96. The predicted molar refractivity (Wildman–Crippen MR) is 95.3 cm³/mol. The summed E-state index contributed by atoms with van der Waals surface area (Å²) in [6.45, 7) is 1.95. The van der Waals surface area contributed by atoms with Gasteiger partial charge in [0.1, 0.15) is 0 Å². The quantitative estimate of drug-likeness (QED) is 0.848. The Morgan fingerprint density at radius 1 is 1.30 bits per heavy atom. The number of hydrogen-bond acceptors (Lipinski definition) is 3. The van der Waals surface area contributed by atoms with E-state index in [1.807, 2.05) is 49.4 Å². The smallest absolute Gasteiger partial charge is 0.230 e. The minimum Gasteiger partial charge on any atom is -0.349 e. The molecule has 0 bridgehead atoms. The van der Waals surface area contributed by atoms with Crippen LogP contribution >= 0.6 is 23.4 Å². The van der Waals surface area contributed by atoms with E-state index in [4.69, 9.17) is 16.9 Å². The van der Waals surface area contributed by atoms with Crippen LogP contribution in [0, 0.1) is 11.3 Å². The lowest BCUT2D eigenvalue weighted by Gasteiger charge is -2.14. The van der Waals surface area contributed by atoms with E-state index >= 15 is 0 Å². The Morgan fingerprint density at radius 2 is 2.04 bits per heavy atom. The van der Waals surface area contributed by atoms with Crippen molar-refractivity contribution in [2.24, 2.45) is 0 Å². The summed E-state index contributed by atoms with van der Waals surface area (Å²) in [7, 11) is 0. The number of nitrogens with zero attached hydrogens (tertiary/aromatic N) is 1. The minimum atomic E-state index is -0.0534. The average molecular weight is 345 g/mol. The van der Waals surface area contributed by atoms with Crippen molar-refractivity contribution in [1.29, 1.82) is 5.26 Å². The number of hydrogen-bond donors (Lipinski definition) is 1. The summed E-state index contributed by atoms with van der Waals surface area (Å²) in [6, 6.07) is 17.0. The number of benzene rings is 2. The molecule has 0 aliphatic carbocycles. The van der Waals surface area contributed by atoms with Gasteiger partial charge in [0.05, 0.1) is 23.4 Å². The molecule has 0 saturated heterocycles. The Kier molecular flexibility index (Phi) is 6.52. The zero-order chi connectivity index (χ0) is 16.7. The number of rotatable bonds is 6. The van der Waals surface area contributed by atoms with Crippen LogP contribution in [-0.4, -0.2) is 11.7 Å². The van der Waals surface area contributed by atoms with Crippen molar-refractivity contribution in [3.63, 3.8) is 0 Å². The van der Waals surface area contributed by atoms with Gasteiger partial charge in [0.2, 0.25) is 5.91 Å². The minimum absolute atomic E-state index is 0.00566. The van der Waals surface area contributed by atoms with Gasteiger partial charge in [-0.2, -0.15) is 5.26 Å². The van der Waals surface area contributed by atoms with Crippen molar-refractivity contribution in [2.45, 2.75) is 18.7 Å². The molecule has 0 radical (unpaired) electrons. The monoisotopic (exact) mass is 344 g/mol. The Bertz CT molecular complexity index is 710. The summed E-state index contributed by atoms with van der Waals surface area (Å²) in [4.78, 5) is 12.0. The first-order valence-electron chi connectivity index (χ1n) is 7.20. The van der Waals surface area contributed by atoms with E-state index in [1.165, 1.54) is 11.8 Å². The second-order valence-corrected chi connectivity index (χ2v) is 6.57. The van der Waals surface area contributed by atoms with Crippen molar-refractivity contribution in [3.05, 3.63) is 70.2 Å². The summed E-state index contributed by atoms with van der Waals surface area (Å²) >= 11 is 7.39. The van der Waals surface area contributed by atoms with E-state index in [2.05, 4.69) is 11.4 Å². The van der Waals surface area contributed by atoms with Crippen molar-refractivity contribution < 1.29 is 4.79 Å². The molecule has 0 unspecified atom stereocenters. The number of nitrogens with one attached hydrogen (secondary N) is 1. The molecule has 1 N–H and O–H groups in total. The fraction of sp³-hybridized carbons (Fsp3) is 0.222. The highest BCUT2D eigenvalue weighted by Gasteiger charge is 2.09. The fourth-order valence-electron chi connectivity index (χ4n) is 2.11. The molecule has 0 spiro atoms. The fourth-order valence-corrected chi connectivity index (χ4v) is 3.02. The largest absolute Gasteiger partial charge is 0.349 e. The van der Waals surface area contributed by atoms with Crippen LogP contribution in [0.4, 0.5) is 0 Å². The molecule has 0 heterocycles. The standard InChI is InChI=1S/C18H17ClN2OS/c1-13(16-5-7-17(19)8-6-16)21-18(22)12-23-11-15-4-2-3-14(9-15)10-20/h2-9,13H,11-12H2,1H3,(H,21,22)/t13-/m1/s1. The molecular weight excluding hydrogens is 328 g/mol. The Morgan fingerprint density at radius 3 is 2.74 bits per heavy atom. The van der Waals surface area contributed by atoms with Crippen LogP contribution in [-0.2, 0) is 10.5 Å². The van der Waals surface area contributed by atoms with E-state index < -0.39 is 0 Å². The van der Waals surface area contributed by atoms with Gasteiger partial charge in [0.25, 0.3) is 0 Å². The first-order valence-corrected chi connectivity index (χ1v) is 8.73. The first-order chi connectivity index (χ1) is 11.1. The van der Waals surface area contributed by atoms with Crippen LogP contribution < -0.4 is 5.32 Å². The van der Waals surface area contributed by atoms with Crippen molar-refractivity contribution in [3.8, 4) is 6.07 Å². The molecule has 0 aromatic heterocycles. The number of carbonyl (C=O) groups excluding carboxylic acids is 1. The molecule has 0 saturated carbocycles. The highest BCUT2D eigenvalue weighted by atomic mass is 35.5. The molecule has 0 fully saturated rings. The maximum atomic E-state index is 12.0. The zero-order valence-electron chi connectivity index (χ0n) is 12.8. The number of halogens is 1. The first kappa shape index (κ1) is 17.4. The van der Waals surface area contributed by atoms with Gasteiger partial charge < -0.3 is 5.32 Å².